The Bertz CT molecular complexity index is 653. The number of rotatable bonds is 5. The highest BCUT2D eigenvalue weighted by molar-refractivity contribution is 5.90. The first-order chi connectivity index (χ1) is 10.6. The fourth-order valence-corrected chi connectivity index (χ4v) is 2.24. The van der Waals surface area contributed by atoms with Crippen molar-refractivity contribution in [3.63, 3.8) is 0 Å². The van der Waals surface area contributed by atoms with Crippen molar-refractivity contribution < 1.29 is 9.53 Å². The standard InChI is InChI=1S/C18H22N2O2/c1-13-8-9-14(2)17(10-13)20-18(21)19-11-15-6-4-5-7-16(15)12-22-3/h4-10H,11-12H2,1-3H3,(H2,19,20,21). The van der Waals surface area contributed by atoms with Crippen LogP contribution in [-0.2, 0) is 17.9 Å². The number of aryl methyl sites for hydroxylation is 2. The Kier molecular flexibility index (Phi) is 5.55. The van der Waals surface area contributed by atoms with E-state index in [0.29, 0.717) is 13.2 Å². The van der Waals surface area contributed by atoms with Gasteiger partial charge in [0.1, 0.15) is 0 Å². The average Bonchev–Trinajstić information content (AvgIpc) is 2.50. The van der Waals surface area contributed by atoms with E-state index in [4.69, 9.17) is 4.74 Å². The molecule has 4 nitrogen and oxygen atoms in total. The molecule has 0 saturated heterocycles. The number of amides is 2. The van der Waals surface area contributed by atoms with E-state index in [9.17, 15) is 4.79 Å². The molecule has 0 aliphatic rings. The number of ether oxygens (including phenoxy) is 1. The van der Waals surface area contributed by atoms with Gasteiger partial charge in [0.15, 0.2) is 0 Å². The first-order valence-electron chi connectivity index (χ1n) is 7.28. The van der Waals surface area contributed by atoms with Gasteiger partial charge in [0.2, 0.25) is 0 Å². The summed E-state index contributed by atoms with van der Waals surface area (Å²) in [6.45, 7) is 4.99. The van der Waals surface area contributed by atoms with E-state index < -0.39 is 0 Å². The van der Waals surface area contributed by atoms with Gasteiger partial charge < -0.3 is 15.4 Å². The molecule has 0 spiro atoms. The Hall–Kier alpha value is -2.33. The van der Waals surface area contributed by atoms with Crippen molar-refractivity contribution in [2.24, 2.45) is 0 Å². The van der Waals surface area contributed by atoms with Crippen LogP contribution in [-0.4, -0.2) is 13.1 Å². The third-order valence-corrected chi connectivity index (χ3v) is 3.50. The lowest BCUT2D eigenvalue weighted by atomic mass is 10.1. The highest BCUT2D eigenvalue weighted by Crippen LogP contribution is 2.16. The highest BCUT2D eigenvalue weighted by Gasteiger charge is 2.06. The van der Waals surface area contributed by atoms with Crippen LogP contribution in [0.2, 0.25) is 0 Å². The Balaban J connectivity index is 1.97. The van der Waals surface area contributed by atoms with E-state index in [1.807, 2.05) is 56.3 Å². The summed E-state index contributed by atoms with van der Waals surface area (Å²) in [4.78, 5) is 12.1. The summed E-state index contributed by atoms with van der Waals surface area (Å²) in [5.41, 5.74) is 5.13. The van der Waals surface area contributed by atoms with Gasteiger partial charge in [0, 0.05) is 19.3 Å². The van der Waals surface area contributed by atoms with Crippen molar-refractivity contribution in [1.29, 1.82) is 0 Å². The average molecular weight is 298 g/mol. The topological polar surface area (TPSA) is 50.4 Å². The molecule has 116 valence electrons. The molecule has 0 bridgehead atoms. The molecule has 2 N–H and O–H groups in total. The zero-order valence-electron chi connectivity index (χ0n) is 13.3. The van der Waals surface area contributed by atoms with E-state index in [-0.39, 0.29) is 6.03 Å². The van der Waals surface area contributed by atoms with Gasteiger partial charge >= 0.3 is 6.03 Å². The van der Waals surface area contributed by atoms with Crippen molar-refractivity contribution in [2.45, 2.75) is 27.0 Å². The summed E-state index contributed by atoms with van der Waals surface area (Å²) < 4.78 is 5.17. The summed E-state index contributed by atoms with van der Waals surface area (Å²) in [5, 5.41) is 5.78. The summed E-state index contributed by atoms with van der Waals surface area (Å²) in [5.74, 6) is 0. The fourth-order valence-electron chi connectivity index (χ4n) is 2.24. The molecular formula is C18H22N2O2. The monoisotopic (exact) mass is 298 g/mol. The van der Waals surface area contributed by atoms with Crippen LogP contribution in [0.3, 0.4) is 0 Å². The maximum Gasteiger partial charge on any atom is 0.319 e. The van der Waals surface area contributed by atoms with E-state index in [2.05, 4.69) is 10.6 Å². The third-order valence-electron chi connectivity index (χ3n) is 3.50. The van der Waals surface area contributed by atoms with Gasteiger partial charge in [-0.2, -0.15) is 0 Å². The molecule has 0 heterocycles. The number of urea groups is 1. The molecule has 22 heavy (non-hydrogen) atoms. The second-order valence-corrected chi connectivity index (χ2v) is 5.33. The number of hydrogen-bond acceptors (Lipinski definition) is 2. The largest absolute Gasteiger partial charge is 0.380 e. The van der Waals surface area contributed by atoms with Crippen molar-refractivity contribution in [3.8, 4) is 0 Å². The number of carbonyl (C=O) groups is 1. The molecule has 2 aromatic carbocycles. The lowest BCUT2D eigenvalue weighted by Crippen LogP contribution is -2.28. The molecule has 0 aliphatic heterocycles. The summed E-state index contributed by atoms with van der Waals surface area (Å²) in [6, 6.07) is 13.7. The highest BCUT2D eigenvalue weighted by atomic mass is 16.5. The second-order valence-electron chi connectivity index (χ2n) is 5.33. The number of benzene rings is 2. The van der Waals surface area contributed by atoms with Crippen LogP contribution in [0.15, 0.2) is 42.5 Å². The van der Waals surface area contributed by atoms with Crippen LogP contribution in [0.1, 0.15) is 22.3 Å². The molecule has 4 heteroatoms. The Morgan fingerprint density at radius 3 is 2.55 bits per heavy atom. The van der Waals surface area contributed by atoms with Crippen LogP contribution in [0.25, 0.3) is 0 Å². The maximum atomic E-state index is 12.1. The van der Waals surface area contributed by atoms with Gasteiger partial charge in [-0.3, -0.25) is 0 Å². The number of carbonyl (C=O) groups excluding carboxylic acids is 1. The predicted molar refractivity (Wildman–Crippen MR) is 88.9 cm³/mol. The summed E-state index contributed by atoms with van der Waals surface area (Å²) in [6.07, 6.45) is 0. The molecule has 0 aromatic heterocycles. The van der Waals surface area contributed by atoms with Gasteiger partial charge in [-0.1, -0.05) is 36.4 Å². The molecule has 0 aliphatic carbocycles. The normalized spacial score (nSPS) is 10.3. The first-order valence-corrected chi connectivity index (χ1v) is 7.28. The van der Waals surface area contributed by atoms with Crippen molar-refractivity contribution >= 4 is 11.7 Å². The zero-order valence-corrected chi connectivity index (χ0v) is 13.3. The second kappa shape index (κ2) is 7.61. The minimum absolute atomic E-state index is 0.207. The van der Waals surface area contributed by atoms with Crippen LogP contribution in [0, 0.1) is 13.8 Å². The number of anilines is 1. The van der Waals surface area contributed by atoms with Gasteiger partial charge in [-0.05, 0) is 42.2 Å². The summed E-state index contributed by atoms with van der Waals surface area (Å²) >= 11 is 0. The van der Waals surface area contributed by atoms with Crippen LogP contribution in [0.5, 0.6) is 0 Å². The van der Waals surface area contributed by atoms with Crippen molar-refractivity contribution in [3.05, 3.63) is 64.7 Å². The van der Waals surface area contributed by atoms with Gasteiger partial charge in [-0.15, -0.1) is 0 Å². The molecule has 0 atom stereocenters. The number of hydrogen-bond donors (Lipinski definition) is 2. The summed E-state index contributed by atoms with van der Waals surface area (Å²) in [7, 11) is 1.66. The smallest absolute Gasteiger partial charge is 0.319 e. The van der Waals surface area contributed by atoms with Gasteiger partial charge in [0.25, 0.3) is 0 Å². The Morgan fingerprint density at radius 2 is 1.82 bits per heavy atom. The minimum Gasteiger partial charge on any atom is -0.380 e. The quantitative estimate of drug-likeness (QED) is 0.882. The Morgan fingerprint density at radius 1 is 1.09 bits per heavy atom. The SMILES string of the molecule is COCc1ccccc1CNC(=O)Nc1cc(C)ccc1C. The molecule has 0 unspecified atom stereocenters. The first kappa shape index (κ1) is 16.0. The Labute approximate surface area is 131 Å². The van der Waals surface area contributed by atoms with E-state index in [1.165, 1.54) is 0 Å². The lowest BCUT2D eigenvalue weighted by Gasteiger charge is -2.12. The van der Waals surface area contributed by atoms with Gasteiger partial charge in [-0.25, -0.2) is 4.79 Å². The van der Waals surface area contributed by atoms with Crippen LogP contribution in [0.4, 0.5) is 10.5 Å². The van der Waals surface area contributed by atoms with Crippen LogP contribution < -0.4 is 10.6 Å². The molecule has 0 radical (unpaired) electrons. The van der Waals surface area contributed by atoms with Gasteiger partial charge in [0.05, 0.1) is 6.61 Å². The third kappa shape index (κ3) is 4.33. The number of nitrogens with one attached hydrogen (secondary N) is 2. The van der Waals surface area contributed by atoms with Crippen molar-refractivity contribution in [1.82, 2.24) is 5.32 Å². The molecule has 2 amide bonds. The molecule has 2 rings (SSSR count). The molecule has 0 fully saturated rings. The van der Waals surface area contributed by atoms with Crippen LogP contribution >= 0.6 is 0 Å². The lowest BCUT2D eigenvalue weighted by molar-refractivity contribution is 0.184. The predicted octanol–water partition coefficient (Wildman–Crippen LogP) is 3.77. The maximum absolute atomic E-state index is 12.1. The van der Waals surface area contributed by atoms with E-state index >= 15 is 0 Å². The fraction of sp³-hybridized carbons (Fsp3) is 0.278. The van der Waals surface area contributed by atoms with E-state index in [1.54, 1.807) is 7.11 Å². The van der Waals surface area contributed by atoms with E-state index in [0.717, 1.165) is 27.9 Å². The van der Waals surface area contributed by atoms with Crippen molar-refractivity contribution in [2.75, 3.05) is 12.4 Å². The number of methoxy groups -OCH3 is 1. The molecule has 2 aromatic rings. The molecular weight excluding hydrogens is 276 g/mol. The minimum atomic E-state index is -0.207. The molecule has 0 saturated carbocycles. The zero-order chi connectivity index (χ0) is 15.9.